The van der Waals surface area contributed by atoms with Crippen molar-refractivity contribution in [2.24, 2.45) is 5.92 Å². The van der Waals surface area contributed by atoms with Crippen LogP contribution in [0, 0.1) is 11.7 Å². The van der Waals surface area contributed by atoms with Gasteiger partial charge in [-0.05, 0) is 37.1 Å². The predicted molar refractivity (Wildman–Crippen MR) is 88.2 cm³/mol. The third-order valence-electron chi connectivity index (χ3n) is 4.25. The molecular weight excluding hydrogens is 327 g/mol. The van der Waals surface area contributed by atoms with Gasteiger partial charge in [0.1, 0.15) is 5.82 Å². The number of carbonyl (C=O) groups is 1. The van der Waals surface area contributed by atoms with Crippen molar-refractivity contribution in [1.29, 1.82) is 0 Å². The molecule has 7 nitrogen and oxygen atoms in total. The number of benzene rings is 1. The maximum atomic E-state index is 12.9. The highest BCUT2D eigenvalue weighted by atomic mass is 19.1. The van der Waals surface area contributed by atoms with E-state index in [4.69, 9.17) is 9.63 Å². The molecule has 0 aliphatic carbocycles. The molecule has 0 radical (unpaired) electrons. The van der Waals surface area contributed by atoms with Gasteiger partial charge in [0.15, 0.2) is 0 Å². The third-order valence-corrected chi connectivity index (χ3v) is 4.25. The summed E-state index contributed by atoms with van der Waals surface area (Å²) in [6, 6.07) is 5.79. The Balaban J connectivity index is 1.41. The fraction of sp³-hybridized carbons (Fsp3) is 0.471. The Morgan fingerprint density at radius 3 is 2.92 bits per heavy atom. The normalized spacial score (nSPS) is 17.0. The topological polar surface area (TPSA) is 91.5 Å². The number of hydrogen-bond donors (Lipinski definition) is 2. The summed E-state index contributed by atoms with van der Waals surface area (Å²) in [4.78, 5) is 18.0. The average Bonchev–Trinajstić information content (AvgIpc) is 3.28. The zero-order valence-electron chi connectivity index (χ0n) is 13.8. The lowest BCUT2D eigenvalue weighted by Gasteiger charge is -2.16. The van der Waals surface area contributed by atoms with Crippen LogP contribution >= 0.6 is 0 Å². The molecule has 8 heteroatoms. The molecule has 1 aromatic heterocycles. The van der Waals surface area contributed by atoms with Crippen molar-refractivity contribution in [3.63, 3.8) is 0 Å². The third kappa shape index (κ3) is 4.54. The van der Waals surface area contributed by atoms with Crippen molar-refractivity contribution >= 4 is 6.03 Å². The second-order valence-corrected chi connectivity index (χ2v) is 6.14. The van der Waals surface area contributed by atoms with E-state index in [1.54, 1.807) is 17.0 Å². The van der Waals surface area contributed by atoms with E-state index in [-0.39, 0.29) is 24.4 Å². The summed E-state index contributed by atoms with van der Waals surface area (Å²) < 4.78 is 18.1. The lowest BCUT2D eigenvalue weighted by atomic mass is 10.1. The number of rotatable bonds is 6. The van der Waals surface area contributed by atoms with Crippen LogP contribution in [0.2, 0.25) is 0 Å². The average molecular weight is 348 g/mol. The van der Waals surface area contributed by atoms with Crippen molar-refractivity contribution in [2.75, 3.05) is 26.2 Å². The molecule has 0 spiro atoms. The Morgan fingerprint density at radius 2 is 2.20 bits per heavy atom. The Morgan fingerprint density at radius 1 is 1.40 bits per heavy atom. The molecule has 2 aromatic rings. The Hall–Kier alpha value is -2.48. The first-order chi connectivity index (χ1) is 12.2. The van der Waals surface area contributed by atoms with Gasteiger partial charge in [0.05, 0.1) is 0 Å². The zero-order valence-corrected chi connectivity index (χ0v) is 13.8. The monoisotopic (exact) mass is 348 g/mol. The number of likely N-dealkylation sites (tertiary alicyclic amines) is 1. The minimum Gasteiger partial charge on any atom is -0.396 e. The summed E-state index contributed by atoms with van der Waals surface area (Å²) in [6.45, 7) is 1.92. The lowest BCUT2D eigenvalue weighted by molar-refractivity contribution is 0.198. The Labute approximate surface area is 144 Å². The molecule has 1 fully saturated rings. The van der Waals surface area contributed by atoms with Crippen molar-refractivity contribution in [1.82, 2.24) is 20.4 Å². The van der Waals surface area contributed by atoms with Gasteiger partial charge in [-0.15, -0.1) is 0 Å². The predicted octanol–water partition coefficient (Wildman–Crippen LogP) is 1.83. The number of halogens is 1. The quantitative estimate of drug-likeness (QED) is 0.777. The van der Waals surface area contributed by atoms with Crippen LogP contribution in [-0.2, 0) is 6.42 Å². The van der Waals surface area contributed by atoms with Gasteiger partial charge in [-0.2, -0.15) is 4.98 Å². The van der Waals surface area contributed by atoms with E-state index >= 15 is 0 Å². The molecule has 1 saturated heterocycles. The van der Waals surface area contributed by atoms with E-state index in [0.717, 1.165) is 6.42 Å². The summed E-state index contributed by atoms with van der Waals surface area (Å²) in [7, 11) is 0. The molecule has 25 heavy (non-hydrogen) atoms. The van der Waals surface area contributed by atoms with Crippen molar-refractivity contribution in [2.45, 2.75) is 19.3 Å². The number of amides is 2. The van der Waals surface area contributed by atoms with Crippen LogP contribution in [0.1, 0.15) is 18.7 Å². The molecule has 2 amide bonds. The molecule has 0 saturated carbocycles. The largest absolute Gasteiger partial charge is 0.396 e. The van der Waals surface area contributed by atoms with Crippen LogP contribution in [0.15, 0.2) is 28.8 Å². The molecule has 0 bridgehead atoms. The number of aryl methyl sites for hydroxylation is 1. The summed E-state index contributed by atoms with van der Waals surface area (Å²) in [5.41, 5.74) is 0.692. The second kappa shape index (κ2) is 8.06. The summed E-state index contributed by atoms with van der Waals surface area (Å²) in [6.07, 6.45) is 2.07. The van der Waals surface area contributed by atoms with Gasteiger partial charge in [-0.3, -0.25) is 0 Å². The maximum Gasteiger partial charge on any atom is 0.317 e. The molecule has 1 aliphatic heterocycles. The van der Waals surface area contributed by atoms with Crippen LogP contribution in [0.25, 0.3) is 11.4 Å². The highest BCUT2D eigenvalue weighted by molar-refractivity contribution is 5.74. The first-order valence-corrected chi connectivity index (χ1v) is 8.38. The molecule has 1 atom stereocenters. The molecule has 1 aromatic carbocycles. The number of hydrogen-bond acceptors (Lipinski definition) is 5. The highest BCUT2D eigenvalue weighted by Crippen LogP contribution is 2.17. The van der Waals surface area contributed by atoms with Crippen molar-refractivity contribution in [3.05, 3.63) is 36.0 Å². The molecule has 1 aliphatic rings. The van der Waals surface area contributed by atoms with Crippen LogP contribution < -0.4 is 5.32 Å². The van der Waals surface area contributed by atoms with Gasteiger partial charge < -0.3 is 19.8 Å². The van der Waals surface area contributed by atoms with Gasteiger partial charge >= 0.3 is 6.03 Å². The van der Waals surface area contributed by atoms with Gasteiger partial charge in [-0.25, -0.2) is 9.18 Å². The maximum absolute atomic E-state index is 12.9. The lowest BCUT2D eigenvalue weighted by Crippen LogP contribution is -2.39. The summed E-state index contributed by atoms with van der Waals surface area (Å²) in [5.74, 6) is 0.779. The molecule has 0 unspecified atom stereocenters. The van der Waals surface area contributed by atoms with Gasteiger partial charge in [0, 0.05) is 44.1 Å². The number of nitrogens with one attached hydrogen (secondary N) is 1. The molecular formula is C17H21FN4O3. The minimum absolute atomic E-state index is 0.103. The van der Waals surface area contributed by atoms with Crippen LogP contribution in [0.4, 0.5) is 9.18 Å². The number of aliphatic hydroxyl groups is 1. The standard InChI is InChI=1S/C17H21FN4O3/c18-14-5-3-13(4-6-14)16-20-15(25-21-16)2-1-8-19-17(24)22-9-7-12(10-22)11-23/h3-6,12,23H,1-2,7-11H2,(H,19,24)/t12-/m0/s1. The van der Waals surface area contributed by atoms with Crippen molar-refractivity contribution in [3.8, 4) is 11.4 Å². The Bertz CT molecular complexity index is 704. The molecule has 2 N–H and O–H groups in total. The van der Waals surface area contributed by atoms with E-state index in [9.17, 15) is 9.18 Å². The number of carbonyl (C=O) groups excluding carboxylic acids is 1. The van der Waals surface area contributed by atoms with E-state index in [2.05, 4.69) is 15.5 Å². The van der Waals surface area contributed by atoms with Gasteiger partial charge in [0.25, 0.3) is 0 Å². The van der Waals surface area contributed by atoms with Crippen LogP contribution in [0.5, 0.6) is 0 Å². The fourth-order valence-electron chi connectivity index (χ4n) is 2.79. The van der Waals surface area contributed by atoms with E-state index in [1.807, 2.05) is 0 Å². The molecule has 134 valence electrons. The number of nitrogens with zero attached hydrogens (tertiary/aromatic N) is 3. The smallest absolute Gasteiger partial charge is 0.317 e. The highest BCUT2D eigenvalue weighted by Gasteiger charge is 2.25. The van der Waals surface area contributed by atoms with E-state index in [1.165, 1.54) is 12.1 Å². The van der Waals surface area contributed by atoms with Crippen LogP contribution in [-0.4, -0.2) is 52.4 Å². The second-order valence-electron chi connectivity index (χ2n) is 6.14. The first-order valence-electron chi connectivity index (χ1n) is 8.38. The number of aliphatic hydroxyl groups excluding tert-OH is 1. The van der Waals surface area contributed by atoms with Crippen LogP contribution in [0.3, 0.4) is 0 Å². The van der Waals surface area contributed by atoms with Gasteiger partial charge in [0.2, 0.25) is 11.7 Å². The summed E-state index contributed by atoms with van der Waals surface area (Å²) >= 11 is 0. The van der Waals surface area contributed by atoms with E-state index < -0.39 is 0 Å². The molecule has 2 heterocycles. The first kappa shape index (κ1) is 17.3. The number of urea groups is 1. The van der Waals surface area contributed by atoms with E-state index in [0.29, 0.717) is 49.8 Å². The fourth-order valence-corrected chi connectivity index (χ4v) is 2.79. The zero-order chi connectivity index (χ0) is 17.6. The van der Waals surface area contributed by atoms with Gasteiger partial charge in [-0.1, -0.05) is 5.16 Å². The SMILES string of the molecule is O=C(NCCCc1nc(-c2ccc(F)cc2)no1)N1CC[C@H](CO)C1. The molecule has 3 rings (SSSR count). The number of aromatic nitrogens is 2. The van der Waals surface area contributed by atoms with Crippen molar-refractivity contribution < 1.29 is 18.8 Å². The minimum atomic E-state index is -0.313. The Kier molecular flexibility index (Phi) is 5.60. The summed E-state index contributed by atoms with van der Waals surface area (Å²) in [5, 5.41) is 15.8.